The van der Waals surface area contributed by atoms with Crippen LogP contribution in [0.3, 0.4) is 0 Å². The number of hydrogen-bond donors (Lipinski definition) is 4. The van der Waals surface area contributed by atoms with E-state index in [0.29, 0.717) is 17.4 Å². The van der Waals surface area contributed by atoms with E-state index in [0.717, 1.165) is 5.56 Å². The molecular formula is C17H18O5. The largest absolute Gasteiger partial charge is 0.508 e. The van der Waals surface area contributed by atoms with Gasteiger partial charge in [0.15, 0.2) is 6.29 Å². The molecule has 0 saturated heterocycles. The Morgan fingerprint density at radius 1 is 0.864 bits per heavy atom. The molecule has 0 bridgehead atoms. The van der Waals surface area contributed by atoms with E-state index in [-0.39, 0.29) is 46.1 Å². The Morgan fingerprint density at radius 2 is 1.36 bits per heavy atom. The second-order valence-electron chi connectivity index (χ2n) is 5.41. The molecule has 0 radical (unpaired) electrons. The van der Waals surface area contributed by atoms with Crippen LogP contribution in [0.1, 0.15) is 38.2 Å². The molecule has 0 aliphatic heterocycles. The summed E-state index contributed by atoms with van der Waals surface area (Å²) >= 11 is 0. The van der Waals surface area contributed by atoms with Crippen molar-refractivity contribution in [2.45, 2.75) is 27.2 Å². The molecule has 22 heavy (non-hydrogen) atoms. The zero-order valence-corrected chi connectivity index (χ0v) is 12.6. The molecule has 5 nitrogen and oxygen atoms in total. The van der Waals surface area contributed by atoms with Crippen LogP contribution in [-0.2, 0) is 6.42 Å². The molecule has 5 heteroatoms. The number of hydrogen-bond acceptors (Lipinski definition) is 5. The maximum atomic E-state index is 11.1. The molecule has 0 atom stereocenters. The molecular weight excluding hydrogens is 284 g/mol. The third-order valence-electron chi connectivity index (χ3n) is 3.99. The summed E-state index contributed by atoms with van der Waals surface area (Å²) in [6.07, 6.45) is 0.408. The van der Waals surface area contributed by atoms with Crippen molar-refractivity contribution in [3.05, 3.63) is 45.5 Å². The third-order valence-corrected chi connectivity index (χ3v) is 3.99. The first kappa shape index (κ1) is 15.7. The predicted molar refractivity (Wildman–Crippen MR) is 81.9 cm³/mol. The smallest absolute Gasteiger partial charge is 0.154 e. The van der Waals surface area contributed by atoms with Crippen LogP contribution in [0.4, 0.5) is 0 Å². The maximum absolute atomic E-state index is 11.1. The molecule has 0 aliphatic rings. The van der Waals surface area contributed by atoms with Crippen molar-refractivity contribution >= 4 is 6.29 Å². The van der Waals surface area contributed by atoms with E-state index < -0.39 is 0 Å². The van der Waals surface area contributed by atoms with Crippen LogP contribution in [0.5, 0.6) is 23.0 Å². The molecule has 0 heterocycles. The van der Waals surface area contributed by atoms with Gasteiger partial charge in [-0.2, -0.15) is 0 Å². The number of phenols is 4. The number of benzene rings is 2. The number of phenolic OH excluding ortho intramolecular Hbond substituents is 4. The minimum absolute atomic E-state index is 0.0793. The average molecular weight is 302 g/mol. The van der Waals surface area contributed by atoms with Crippen molar-refractivity contribution in [3.63, 3.8) is 0 Å². The van der Waals surface area contributed by atoms with Gasteiger partial charge in [-0.05, 0) is 49.6 Å². The van der Waals surface area contributed by atoms with Crippen LogP contribution in [0.2, 0.25) is 0 Å². The zero-order chi connectivity index (χ0) is 16.6. The van der Waals surface area contributed by atoms with Crippen molar-refractivity contribution in [2.75, 3.05) is 0 Å². The summed E-state index contributed by atoms with van der Waals surface area (Å²) in [6, 6.07) is 2.88. The molecule has 0 aromatic heterocycles. The average Bonchev–Trinajstić information content (AvgIpc) is 2.44. The predicted octanol–water partition coefficient (Wildman–Crippen LogP) is 2.84. The summed E-state index contributed by atoms with van der Waals surface area (Å²) in [7, 11) is 0. The Bertz CT molecular complexity index is 763. The monoisotopic (exact) mass is 302 g/mol. The number of carbonyl (C=O) groups excluding carboxylic acids is 1. The van der Waals surface area contributed by atoms with E-state index >= 15 is 0 Å². The van der Waals surface area contributed by atoms with Crippen LogP contribution in [0.15, 0.2) is 12.1 Å². The summed E-state index contributed by atoms with van der Waals surface area (Å²) in [4.78, 5) is 11.1. The third kappa shape index (κ3) is 2.45. The summed E-state index contributed by atoms with van der Waals surface area (Å²) in [5.41, 5.74) is 2.13. The van der Waals surface area contributed by atoms with E-state index in [1.807, 2.05) is 0 Å². The number of aldehydes is 1. The second-order valence-corrected chi connectivity index (χ2v) is 5.41. The van der Waals surface area contributed by atoms with Gasteiger partial charge in [0.25, 0.3) is 0 Å². The quantitative estimate of drug-likeness (QED) is 0.654. The highest BCUT2D eigenvalue weighted by Crippen LogP contribution is 2.40. The lowest BCUT2D eigenvalue weighted by Gasteiger charge is -2.15. The minimum atomic E-state index is -0.343. The molecule has 0 spiro atoms. The van der Waals surface area contributed by atoms with E-state index in [4.69, 9.17) is 0 Å². The van der Waals surface area contributed by atoms with Crippen LogP contribution in [0.25, 0.3) is 0 Å². The fraction of sp³-hybridized carbons (Fsp3) is 0.235. The molecule has 0 aliphatic carbocycles. The van der Waals surface area contributed by atoms with Crippen molar-refractivity contribution in [1.82, 2.24) is 0 Å². The van der Waals surface area contributed by atoms with Crippen molar-refractivity contribution < 1.29 is 25.2 Å². The molecule has 2 rings (SSSR count). The summed E-state index contributed by atoms with van der Waals surface area (Å²) < 4.78 is 0. The number of carbonyl (C=O) groups is 1. The fourth-order valence-electron chi connectivity index (χ4n) is 2.45. The van der Waals surface area contributed by atoms with Crippen LogP contribution < -0.4 is 0 Å². The Hall–Kier alpha value is -2.69. The molecule has 2 aromatic rings. The highest BCUT2D eigenvalue weighted by Gasteiger charge is 2.20. The first-order chi connectivity index (χ1) is 10.3. The highest BCUT2D eigenvalue weighted by atomic mass is 16.3. The minimum Gasteiger partial charge on any atom is -0.508 e. The van der Waals surface area contributed by atoms with Gasteiger partial charge in [-0.25, -0.2) is 0 Å². The number of rotatable bonds is 3. The first-order valence-electron chi connectivity index (χ1n) is 6.78. The van der Waals surface area contributed by atoms with Gasteiger partial charge in [-0.3, -0.25) is 4.79 Å². The molecule has 2 aromatic carbocycles. The van der Waals surface area contributed by atoms with Crippen molar-refractivity contribution in [1.29, 1.82) is 0 Å². The van der Waals surface area contributed by atoms with Gasteiger partial charge < -0.3 is 20.4 Å². The highest BCUT2D eigenvalue weighted by molar-refractivity contribution is 5.83. The lowest BCUT2D eigenvalue weighted by atomic mass is 9.94. The maximum Gasteiger partial charge on any atom is 0.154 e. The normalized spacial score (nSPS) is 10.7. The zero-order valence-electron chi connectivity index (χ0n) is 12.6. The van der Waals surface area contributed by atoms with Gasteiger partial charge in [0, 0.05) is 17.5 Å². The summed E-state index contributed by atoms with van der Waals surface area (Å²) in [6.45, 7) is 5.06. The van der Waals surface area contributed by atoms with E-state index in [1.54, 1.807) is 20.8 Å². The molecule has 0 amide bonds. The molecule has 0 saturated carbocycles. The van der Waals surface area contributed by atoms with E-state index in [9.17, 15) is 25.2 Å². The lowest BCUT2D eigenvalue weighted by Crippen LogP contribution is -1.98. The Morgan fingerprint density at radius 3 is 1.91 bits per heavy atom. The van der Waals surface area contributed by atoms with Crippen LogP contribution in [0, 0.1) is 20.8 Å². The van der Waals surface area contributed by atoms with Crippen molar-refractivity contribution in [3.8, 4) is 23.0 Å². The Balaban J connectivity index is 2.62. The van der Waals surface area contributed by atoms with E-state index in [1.165, 1.54) is 12.1 Å². The molecule has 0 unspecified atom stereocenters. The van der Waals surface area contributed by atoms with E-state index in [2.05, 4.69) is 0 Å². The Labute approximate surface area is 128 Å². The van der Waals surface area contributed by atoms with Gasteiger partial charge in [-0.1, -0.05) is 0 Å². The topological polar surface area (TPSA) is 98.0 Å². The molecule has 4 N–H and O–H groups in total. The van der Waals surface area contributed by atoms with Gasteiger partial charge >= 0.3 is 0 Å². The fourth-order valence-corrected chi connectivity index (χ4v) is 2.45. The SMILES string of the molecule is Cc1cc(O)c(Cc2c(O)cc(C)c(C=O)c2O)c(O)c1C. The van der Waals surface area contributed by atoms with Gasteiger partial charge in [0.2, 0.25) is 0 Å². The molecule has 0 fully saturated rings. The van der Waals surface area contributed by atoms with Crippen molar-refractivity contribution in [2.24, 2.45) is 0 Å². The molecule has 116 valence electrons. The van der Waals surface area contributed by atoms with Gasteiger partial charge in [0.1, 0.15) is 23.0 Å². The van der Waals surface area contributed by atoms with Gasteiger partial charge in [0.05, 0.1) is 5.56 Å². The first-order valence-corrected chi connectivity index (χ1v) is 6.78. The Kier molecular flexibility index (Phi) is 3.99. The van der Waals surface area contributed by atoms with Crippen LogP contribution in [-0.4, -0.2) is 26.7 Å². The standard InChI is InChI=1S/C17H18O5/c1-8-4-14(19)11(16(21)10(8)3)6-12-15(20)5-9(2)13(7-18)17(12)22/h4-5,7,19-22H,6H2,1-3H3. The van der Waals surface area contributed by atoms with Crippen LogP contribution >= 0.6 is 0 Å². The second kappa shape index (κ2) is 5.60. The number of aromatic hydroxyl groups is 4. The summed E-state index contributed by atoms with van der Waals surface area (Å²) in [5.74, 6) is -0.765. The number of aryl methyl sites for hydroxylation is 2. The van der Waals surface area contributed by atoms with Gasteiger partial charge in [-0.15, -0.1) is 0 Å². The lowest BCUT2D eigenvalue weighted by molar-refractivity contribution is 0.112. The summed E-state index contributed by atoms with van der Waals surface area (Å²) in [5, 5.41) is 40.4.